The van der Waals surface area contributed by atoms with Crippen molar-refractivity contribution in [3.63, 3.8) is 0 Å². The van der Waals surface area contributed by atoms with E-state index in [2.05, 4.69) is 66.5 Å². The number of carbonyl (C=O) groups is 2. The summed E-state index contributed by atoms with van der Waals surface area (Å²) in [5, 5.41) is 9.83. The van der Waals surface area contributed by atoms with Gasteiger partial charge in [0.05, 0.1) is 16.8 Å². The molecule has 4 aliphatic carbocycles. The Labute approximate surface area is 308 Å². The minimum absolute atomic E-state index is 0.0192. The molecule has 1 saturated carbocycles. The zero-order chi connectivity index (χ0) is 36.5. The third-order valence-corrected chi connectivity index (χ3v) is 14.4. The lowest BCUT2D eigenvalue weighted by atomic mass is 9.50. The molecule has 7 rings (SSSR count). The van der Waals surface area contributed by atoms with Gasteiger partial charge in [-0.25, -0.2) is 13.1 Å². The maximum Gasteiger partial charge on any atom is 0.222 e. The van der Waals surface area contributed by atoms with Crippen LogP contribution in [-0.4, -0.2) is 36.9 Å². The lowest BCUT2D eigenvalue weighted by molar-refractivity contribution is 0.0298. The summed E-state index contributed by atoms with van der Waals surface area (Å²) < 4.78 is 37.3. The summed E-state index contributed by atoms with van der Waals surface area (Å²) >= 11 is 3.48. The van der Waals surface area contributed by atoms with E-state index in [-0.39, 0.29) is 50.3 Å². The van der Waals surface area contributed by atoms with Crippen LogP contribution in [0.1, 0.15) is 108 Å². The fraction of sp³-hybridized carbons (Fsp3) is 0.366. The van der Waals surface area contributed by atoms with Crippen molar-refractivity contribution >= 4 is 43.2 Å². The third-order valence-electron chi connectivity index (χ3n) is 11.7. The van der Waals surface area contributed by atoms with Crippen molar-refractivity contribution in [3.8, 4) is 11.5 Å². The molecule has 8 nitrogen and oxygen atoms in total. The van der Waals surface area contributed by atoms with Gasteiger partial charge in [0, 0.05) is 28.2 Å². The minimum atomic E-state index is -3.88. The molecule has 3 aromatic rings. The van der Waals surface area contributed by atoms with E-state index < -0.39 is 32.6 Å². The average Bonchev–Trinajstić information content (AvgIpc) is 3.28. The lowest BCUT2D eigenvalue weighted by Gasteiger charge is -2.55. The number of phenols is 1. The molecule has 3 aromatic carbocycles. The van der Waals surface area contributed by atoms with Crippen LogP contribution in [0.3, 0.4) is 0 Å². The number of nitrogens with one attached hydrogen (secondary N) is 1. The molecule has 0 spiro atoms. The van der Waals surface area contributed by atoms with Crippen LogP contribution in [0.15, 0.2) is 83.1 Å². The van der Waals surface area contributed by atoms with Crippen molar-refractivity contribution < 1.29 is 27.9 Å². The Kier molecular flexibility index (Phi) is 8.96. The van der Waals surface area contributed by atoms with Gasteiger partial charge >= 0.3 is 0 Å². The maximum absolute atomic E-state index is 13.9. The zero-order valence-corrected chi connectivity index (χ0v) is 31.7. The normalized spacial score (nSPS) is 25.6. The smallest absolute Gasteiger partial charge is 0.222 e. The van der Waals surface area contributed by atoms with Crippen LogP contribution >= 0.6 is 15.9 Å². The van der Waals surface area contributed by atoms with E-state index in [1.807, 2.05) is 0 Å². The van der Waals surface area contributed by atoms with Crippen LogP contribution in [0.25, 0.3) is 0 Å². The molecule has 51 heavy (non-hydrogen) atoms. The van der Waals surface area contributed by atoms with Crippen LogP contribution < -0.4 is 15.2 Å². The molecule has 4 N–H and O–H groups in total. The van der Waals surface area contributed by atoms with Gasteiger partial charge < -0.3 is 15.6 Å². The number of allylic oxidation sites excluding steroid dienone is 3. The number of hydrogen-bond donors (Lipinski definition) is 3. The number of carbonyl (C=O) groups excluding carboxylic acids is 2. The van der Waals surface area contributed by atoms with Gasteiger partial charge in [0.1, 0.15) is 16.8 Å². The number of nitrogen functional groups attached to an aromatic ring is 1. The first-order chi connectivity index (χ1) is 24.1. The van der Waals surface area contributed by atoms with Crippen molar-refractivity contribution in [1.82, 2.24) is 4.72 Å². The highest BCUT2D eigenvalue weighted by Crippen LogP contribution is 2.57. The number of rotatable bonds is 7. The molecule has 10 heteroatoms. The van der Waals surface area contributed by atoms with Crippen LogP contribution in [0.4, 0.5) is 5.69 Å². The number of nitrogens with two attached hydrogens (primary N) is 1. The topological polar surface area (TPSA) is 136 Å². The van der Waals surface area contributed by atoms with Crippen molar-refractivity contribution in [3.05, 3.63) is 122 Å². The highest BCUT2D eigenvalue weighted by molar-refractivity contribution is 9.11. The Morgan fingerprint density at radius 1 is 1.02 bits per heavy atom. The predicted octanol–water partition coefficient (Wildman–Crippen LogP) is 7.98. The van der Waals surface area contributed by atoms with E-state index in [0.717, 1.165) is 32.1 Å². The van der Waals surface area contributed by atoms with E-state index >= 15 is 0 Å². The van der Waals surface area contributed by atoms with Crippen molar-refractivity contribution in [2.75, 3.05) is 12.3 Å². The molecule has 4 unspecified atom stereocenters. The first-order valence-electron chi connectivity index (χ1n) is 17.5. The Morgan fingerprint density at radius 3 is 2.43 bits per heavy atom. The van der Waals surface area contributed by atoms with Crippen molar-refractivity contribution in [2.24, 2.45) is 11.3 Å². The number of fused-ring (bicyclic) bond motifs is 5. The number of benzene rings is 3. The van der Waals surface area contributed by atoms with E-state index in [4.69, 9.17) is 10.5 Å². The number of halogens is 1. The van der Waals surface area contributed by atoms with Gasteiger partial charge in [0.2, 0.25) is 10.0 Å². The fourth-order valence-electron chi connectivity index (χ4n) is 8.96. The first-order valence-corrected chi connectivity index (χ1v) is 19.9. The highest BCUT2D eigenvalue weighted by Gasteiger charge is 2.52. The Balaban J connectivity index is 1.09. The standard InChI is InChI=1S/C41H43BrN2O6S/c1-23(2)24-10-14-29-25(20-24)11-17-34-40(3,18-7-19-41(29,34)4)22-44-51(48,49)33-16-13-26(12-15-30(33)42)50-32-21-31(45)35-36(37(32)43)39(47)28-9-6-5-8-27(28)38(35)46/h5-6,8-10,12-16,20-21,23,33-34,44-45H,7,11,17-19,22,43H2,1-4H3. The number of aryl methyl sites for hydroxylation is 1. The summed E-state index contributed by atoms with van der Waals surface area (Å²) in [5.41, 5.74) is 10.4. The maximum atomic E-state index is 13.9. The number of sulfonamides is 1. The van der Waals surface area contributed by atoms with E-state index in [9.17, 15) is 23.1 Å². The minimum Gasteiger partial charge on any atom is -0.507 e. The largest absolute Gasteiger partial charge is 0.507 e. The summed E-state index contributed by atoms with van der Waals surface area (Å²) in [4.78, 5) is 26.6. The highest BCUT2D eigenvalue weighted by atomic mass is 79.9. The summed E-state index contributed by atoms with van der Waals surface area (Å²) in [5.74, 6) is -0.432. The molecule has 1 fully saturated rings. The van der Waals surface area contributed by atoms with Gasteiger partial charge in [-0.05, 0) is 83.3 Å². The van der Waals surface area contributed by atoms with E-state index in [1.165, 1.54) is 41.0 Å². The second-order valence-corrected chi connectivity index (χ2v) is 18.0. The summed E-state index contributed by atoms with van der Waals surface area (Å²) in [6.07, 6.45) is 11.3. The number of aromatic hydroxyl groups is 1. The lowest BCUT2D eigenvalue weighted by Crippen LogP contribution is -2.53. The van der Waals surface area contributed by atoms with Crippen molar-refractivity contribution in [1.29, 1.82) is 0 Å². The molecular formula is C41H43BrN2O6S. The quantitative estimate of drug-likeness (QED) is 0.128. The average molecular weight is 772 g/mol. The van der Waals surface area contributed by atoms with Gasteiger partial charge in [-0.2, -0.15) is 0 Å². The molecule has 0 radical (unpaired) electrons. The fourth-order valence-corrected chi connectivity index (χ4v) is 11.4. The van der Waals surface area contributed by atoms with E-state index in [0.29, 0.717) is 22.9 Å². The monoisotopic (exact) mass is 770 g/mol. The molecule has 4 atom stereocenters. The van der Waals surface area contributed by atoms with Crippen molar-refractivity contribution in [2.45, 2.75) is 76.4 Å². The van der Waals surface area contributed by atoms with Gasteiger partial charge in [-0.3, -0.25) is 9.59 Å². The van der Waals surface area contributed by atoms with Gasteiger partial charge in [-0.1, -0.05) is 98.6 Å². The Morgan fingerprint density at radius 2 is 1.73 bits per heavy atom. The molecule has 0 heterocycles. The molecule has 0 amide bonds. The zero-order valence-electron chi connectivity index (χ0n) is 29.3. The second-order valence-electron chi connectivity index (χ2n) is 15.2. The Bertz CT molecular complexity index is 2190. The van der Waals surface area contributed by atoms with Crippen LogP contribution in [-0.2, 0) is 21.9 Å². The molecule has 0 saturated heterocycles. The third kappa shape index (κ3) is 5.99. The predicted molar refractivity (Wildman–Crippen MR) is 203 cm³/mol. The van der Waals surface area contributed by atoms with Gasteiger partial charge in [0.15, 0.2) is 17.3 Å². The van der Waals surface area contributed by atoms with Gasteiger partial charge in [0.25, 0.3) is 0 Å². The summed E-state index contributed by atoms with van der Waals surface area (Å²) in [6.45, 7) is 9.39. The number of ether oxygens (including phenoxy) is 1. The Hall–Kier alpha value is -3.99. The number of ketones is 2. The molecule has 266 valence electrons. The summed E-state index contributed by atoms with van der Waals surface area (Å²) in [7, 11) is -3.88. The second kappa shape index (κ2) is 12.9. The number of anilines is 1. The first kappa shape index (κ1) is 35.4. The number of phenolic OH excluding ortho intramolecular Hbond substituents is 1. The molecule has 4 aliphatic rings. The molecule has 0 aromatic heterocycles. The number of hydrogen-bond acceptors (Lipinski definition) is 7. The van der Waals surface area contributed by atoms with E-state index in [1.54, 1.807) is 30.4 Å². The molecule has 0 aliphatic heterocycles. The SMILES string of the molecule is CC(C)c1ccc2c(c1)CCC1C(C)(CNS(=O)(=O)C3C=CC(Oc4cc(O)c5c(c4N)C(=O)c4ccccc4C5=O)=CC=C3Br)CCCC21C. The molecular weight excluding hydrogens is 728 g/mol. The van der Waals surface area contributed by atoms with Crippen LogP contribution in [0.2, 0.25) is 0 Å². The van der Waals surface area contributed by atoms with Crippen LogP contribution in [0.5, 0.6) is 11.5 Å². The van der Waals surface area contributed by atoms with Crippen LogP contribution in [0, 0.1) is 11.3 Å². The summed E-state index contributed by atoms with van der Waals surface area (Å²) in [6, 6.07) is 14.6. The van der Waals surface area contributed by atoms with Gasteiger partial charge in [-0.15, -0.1) is 0 Å². The molecule has 0 bridgehead atoms.